The lowest BCUT2D eigenvalue weighted by Crippen LogP contribution is -2.50. The quantitative estimate of drug-likeness (QED) is 0.916. The third kappa shape index (κ3) is 3.60. The Morgan fingerprint density at radius 3 is 2.96 bits per heavy atom. The number of imidazole rings is 1. The Kier molecular flexibility index (Phi) is 4.34. The zero-order valence-electron chi connectivity index (χ0n) is 14.7. The van der Waals surface area contributed by atoms with E-state index in [1.807, 2.05) is 40.0 Å². The number of hydrogen-bond acceptors (Lipinski definition) is 5. The van der Waals surface area contributed by atoms with Crippen LogP contribution < -0.4 is 4.90 Å². The molecule has 7 heteroatoms. The van der Waals surface area contributed by atoms with Crippen molar-refractivity contribution in [2.75, 3.05) is 25.0 Å². The highest BCUT2D eigenvalue weighted by Gasteiger charge is 2.30. The minimum absolute atomic E-state index is 0.106. The van der Waals surface area contributed by atoms with Gasteiger partial charge in [-0.15, -0.1) is 0 Å². The van der Waals surface area contributed by atoms with Gasteiger partial charge in [-0.3, -0.25) is 0 Å². The molecule has 7 nitrogen and oxygen atoms in total. The standard InChI is InChI=1S/C17H25N5O2/c1-17(2,3)24-16(23)21(4)12-7-6-10-22(11-12)15-19-13-8-5-9-18-14(13)20-15/h5,8-9,12H,6-7,10-11H2,1-4H3,(H,18,19,20)/t12-/m1/s1. The molecule has 3 heterocycles. The second-order valence-corrected chi connectivity index (χ2v) is 7.27. The SMILES string of the molecule is CN(C(=O)OC(C)(C)C)[C@@H]1CCCN(c2nc3ncccc3[nH]2)C1. The molecule has 0 aromatic carbocycles. The van der Waals surface area contributed by atoms with E-state index in [9.17, 15) is 4.79 Å². The van der Waals surface area contributed by atoms with Gasteiger partial charge >= 0.3 is 6.09 Å². The van der Waals surface area contributed by atoms with Crippen molar-refractivity contribution in [2.24, 2.45) is 0 Å². The van der Waals surface area contributed by atoms with Crippen molar-refractivity contribution in [1.82, 2.24) is 19.9 Å². The van der Waals surface area contributed by atoms with Gasteiger partial charge in [-0.05, 0) is 45.7 Å². The van der Waals surface area contributed by atoms with Crippen molar-refractivity contribution in [2.45, 2.75) is 45.3 Å². The number of aromatic nitrogens is 3. The number of H-pyrrole nitrogens is 1. The summed E-state index contributed by atoms with van der Waals surface area (Å²) >= 11 is 0. The van der Waals surface area contributed by atoms with E-state index in [1.165, 1.54) is 0 Å². The number of fused-ring (bicyclic) bond motifs is 1. The molecule has 2 aromatic heterocycles. The molecule has 1 fully saturated rings. The zero-order valence-corrected chi connectivity index (χ0v) is 14.7. The van der Waals surface area contributed by atoms with Gasteiger partial charge in [0.15, 0.2) is 5.65 Å². The number of ether oxygens (including phenoxy) is 1. The van der Waals surface area contributed by atoms with E-state index in [-0.39, 0.29) is 12.1 Å². The molecule has 3 rings (SSSR count). The molecule has 130 valence electrons. The molecular weight excluding hydrogens is 306 g/mol. The summed E-state index contributed by atoms with van der Waals surface area (Å²) in [6, 6.07) is 3.96. The highest BCUT2D eigenvalue weighted by Crippen LogP contribution is 2.22. The van der Waals surface area contributed by atoms with E-state index >= 15 is 0 Å². The lowest BCUT2D eigenvalue weighted by Gasteiger charge is -2.37. The van der Waals surface area contributed by atoms with Gasteiger partial charge in [-0.25, -0.2) is 9.78 Å². The third-order valence-electron chi connectivity index (χ3n) is 4.17. The Morgan fingerprint density at radius 1 is 1.46 bits per heavy atom. The van der Waals surface area contributed by atoms with Crippen LogP contribution in [0.15, 0.2) is 18.3 Å². The zero-order chi connectivity index (χ0) is 17.3. The maximum Gasteiger partial charge on any atom is 0.410 e. The summed E-state index contributed by atoms with van der Waals surface area (Å²) < 4.78 is 5.48. The molecule has 0 unspecified atom stereocenters. The summed E-state index contributed by atoms with van der Waals surface area (Å²) in [4.78, 5) is 28.3. The Morgan fingerprint density at radius 2 is 2.25 bits per heavy atom. The fourth-order valence-corrected chi connectivity index (χ4v) is 2.93. The first-order valence-electron chi connectivity index (χ1n) is 8.35. The molecule has 1 amide bonds. The van der Waals surface area contributed by atoms with Crippen LogP contribution in [0.25, 0.3) is 11.2 Å². The average Bonchev–Trinajstić information content (AvgIpc) is 2.96. The number of nitrogens with one attached hydrogen (secondary N) is 1. The van der Waals surface area contributed by atoms with Crippen molar-refractivity contribution in [1.29, 1.82) is 0 Å². The van der Waals surface area contributed by atoms with Gasteiger partial charge in [0.25, 0.3) is 0 Å². The van der Waals surface area contributed by atoms with Gasteiger partial charge in [0, 0.05) is 26.3 Å². The fourth-order valence-electron chi connectivity index (χ4n) is 2.93. The van der Waals surface area contributed by atoms with Crippen molar-refractivity contribution in [3.05, 3.63) is 18.3 Å². The number of hydrogen-bond donors (Lipinski definition) is 1. The average molecular weight is 331 g/mol. The first kappa shape index (κ1) is 16.5. The summed E-state index contributed by atoms with van der Waals surface area (Å²) in [5, 5.41) is 0. The van der Waals surface area contributed by atoms with Crippen LogP contribution >= 0.6 is 0 Å². The number of rotatable bonds is 2. The smallest absolute Gasteiger partial charge is 0.410 e. The van der Waals surface area contributed by atoms with Crippen molar-refractivity contribution < 1.29 is 9.53 Å². The largest absolute Gasteiger partial charge is 0.444 e. The molecule has 1 N–H and O–H groups in total. The van der Waals surface area contributed by atoms with Gasteiger partial charge < -0.3 is 19.5 Å². The highest BCUT2D eigenvalue weighted by atomic mass is 16.6. The minimum Gasteiger partial charge on any atom is -0.444 e. The van der Waals surface area contributed by atoms with Gasteiger partial charge in [0.05, 0.1) is 11.6 Å². The molecule has 0 aliphatic carbocycles. The molecule has 24 heavy (non-hydrogen) atoms. The second-order valence-electron chi connectivity index (χ2n) is 7.27. The Bertz CT molecular complexity index is 688. The first-order valence-corrected chi connectivity index (χ1v) is 8.35. The maximum absolute atomic E-state index is 12.3. The number of likely N-dealkylation sites (N-methyl/N-ethyl adjacent to an activating group) is 1. The topological polar surface area (TPSA) is 74.3 Å². The summed E-state index contributed by atoms with van der Waals surface area (Å²) in [6.45, 7) is 7.29. The molecule has 0 spiro atoms. The first-order chi connectivity index (χ1) is 11.3. The number of aromatic amines is 1. The van der Waals surface area contributed by atoms with Crippen molar-refractivity contribution in [3.63, 3.8) is 0 Å². The van der Waals surface area contributed by atoms with Crippen LogP contribution in [0, 0.1) is 0 Å². The third-order valence-corrected chi connectivity index (χ3v) is 4.17. The Labute approximate surface area is 142 Å². The summed E-state index contributed by atoms with van der Waals surface area (Å²) in [5.41, 5.74) is 1.16. The normalized spacial score (nSPS) is 18.7. The Balaban J connectivity index is 1.70. The summed E-state index contributed by atoms with van der Waals surface area (Å²) in [7, 11) is 1.81. The highest BCUT2D eigenvalue weighted by molar-refractivity contribution is 5.73. The van der Waals surface area contributed by atoms with Gasteiger partial charge in [0.2, 0.25) is 5.95 Å². The van der Waals surface area contributed by atoms with Crippen LogP contribution in [0.2, 0.25) is 0 Å². The lowest BCUT2D eigenvalue weighted by molar-refractivity contribution is 0.0209. The van der Waals surface area contributed by atoms with E-state index in [2.05, 4.69) is 19.9 Å². The van der Waals surface area contributed by atoms with Gasteiger partial charge in [-0.1, -0.05) is 0 Å². The Hall–Kier alpha value is -2.31. The summed E-state index contributed by atoms with van der Waals surface area (Å²) in [5.74, 6) is 0.811. The fraction of sp³-hybridized carbons (Fsp3) is 0.588. The van der Waals surface area contributed by atoms with E-state index in [0.717, 1.165) is 43.0 Å². The molecular formula is C17H25N5O2. The number of carbonyl (C=O) groups excluding carboxylic acids is 1. The molecule has 1 aliphatic heterocycles. The number of nitrogens with zero attached hydrogens (tertiary/aromatic N) is 4. The van der Waals surface area contributed by atoms with E-state index in [4.69, 9.17) is 4.74 Å². The molecule has 1 aliphatic rings. The number of pyridine rings is 1. The lowest BCUT2D eigenvalue weighted by atomic mass is 10.1. The minimum atomic E-state index is -0.482. The van der Waals surface area contributed by atoms with Crippen LogP contribution in [0.1, 0.15) is 33.6 Å². The number of amides is 1. The molecule has 0 saturated carbocycles. The van der Waals surface area contributed by atoms with Crippen LogP contribution in [-0.4, -0.2) is 57.7 Å². The van der Waals surface area contributed by atoms with Gasteiger partial charge in [-0.2, -0.15) is 4.98 Å². The maximum atomic E-state index is 12.3. The number of anilines is 1. The van der Waals surface area contributed by atoms with E-state index < -0.39 is 5.60 Å². The molecule has 0 radical (unpaired) electrons. The molecule has 0 bridgehead atoms. The van der Waals surface area contributed by atoms with E-state index in [0.29, 0.717) is 0 Å². The van der Waals surface area contributed by atoms with Crippen LogP contribution in [-0.2, 0) is 4.74 Å². The molecule has 2 aromatic rings. The van der Waals surface area contributed by atoms with E-state index in [1.54, 1.807) is 11.1 Å². The van der Waals surface area contributed by atoms with Crippen LogP contribution in [0.5, 0.6) is 0 Å². The van der Waals surface area contributed by atoms with Crippen molar-refractivity contribution in [3.8, 4) is 0 Å². The molecule has 1 saturated heterocycles. The van der Waals surface area contributed by atoms with Crippen LogP contribution in [0.3, 0.4) is 0 Å². The van der Waals surface area contributed by atoms with Crippen molar-refractivity contribution >= 4 is 23.2 Å². The number of piperidine rings is 1. The predicted molar refractivity (Wildman–Crippen MR) is 93.1 cm³/mol. The monoisotopic (exact) mass is 331 g/mol. The van der Waals surface area contributed by atoms with Crippen LogP contribution in [0.4, 0.5) is 10.7 Å². The summed E-state index contributed by atoms with van der Waals surface area (Å²) in [6.07, 6.45) is 3.43. The second kappa shape index (κ2) is 6.30. The number of carbonyl (C=O) groups is 1. The van der Waals surface area contributed by atoms with Gasteiger partial charge in [0.1, 0.15) is 5.60 Å². The predicted octanol–water partition coefficient (Wildman–Crippen LogP) is 2.79. The molecule has 1 atom stereocenters.